The van der Waals surface area contributed by atoms with Crippen LogP contribution in [0.1, 0.15) is 44.1 Å². The number of hydrogen-bond donors (Lipinski definition) is 2. The Kier molecular flexibility index (Phi) is 6.19. The molecule has 2 N–H and O–H groups in total. The van der Waals surface area contributed by atoms with E-state index in [4.69, 9.17) is 0 Å². The van der Waals surface area contributed by atoms with Crippen molar-refractivity contribution in [1.29, 1.82) is 0 Å². The number of nitrogens with zero attached hydrogens (tertiary/aromatic N) is 1. The lowest BCUT2D eigenvalue weighted by Crippen LogP contribution is -2.25. The van der Waals surface area contributed by atoms with Crippen molar-refractivity contribution in [3.63, 3.8) is 0 Å². The van der Waals surface area contributed by atoms with Crippen molar-refractivity contribution in [1.82, 2.24) is 10.3 Å². The predicted octanol–water partition coefficient (Wildman–Crippen LogP) is 2.68. The predicted molar refractivity (Wildman–Crippen MR) is 74.8 cm³/mol. The van der Waals surface area contributed by atoms with E-state index >= 15 is 0 Å². The lowest BCUT2D eigenvalue weighted by Gasteiger charge is -2.07. The second kappa shape index (κ2) is 7.69. The fraction of sp³-hybridized carbons (Fsp3) is 0.571. The molecule has 0 saturated heterocycles. The third-order valence-electron chi connectivity index (χ3n) is 2.62. The van der Waals surface area contributed by atoms with E-state index < -0.39 is 0 Å². The van der Waals surface area contributed by atoms with E-state index in [-0.39, 0.29) is 5.91 Å². The fourth-order valence-electron chi connectivity index (χ4n) is 1.64. The number of anilines is 1. The third kappa shape index (κ3) is 5.17. The first kappa shape index (κ1) is 14.5. The van der Waals surface area contributed by atoms with Crippen LogP contribution in [-0.4, -0.2) is 24.0 Å². The number of amides is 1. The monoisotopic (exact) mass is 249 g/mol. The molecule has 0 spiro atoms. The summed E-state index contributed by atoms with van der Waals surface area (Å²) in [7, 11) is 0. The summed E-state index contributed by atoms with van der Waals surface area (Å²) in [4.78, 5) is 15.9. The second-order valence-electron chi connectivity index (χ2n) is 4.75. The molecule has 0 saturated carbocycles. The largest absolute Gasteiger partial charge is 0.384 e. The molecular weight excluding hydrogens is 226 g/mol. The van der Waals surface area contributed by atoms with Crippen LogP contribution >= 0.6 is 0 Å². The molecule has 0 aliphatic heterocycles. The van der Waals surface area contributed by atoms with Gasteiger partial charge in [0.2, 0.25) is 0 Å². The van der Waals surface area contributed by atoms with E-state index in [0.29, 0.717) is 18.2 Å². The molecule has 1 aromatic rings. The highest BCUT2D eigenvalue weighted by Crippen LogP contribution is 2.06. The summed E-state index contributed by atoms with van der Waals surface area (Å²) in [5.41, 5.74) is 1.41. The summed E-state index contributed by atoms with van der Waals surface area (Å²) in [6, 6.07) is 3.62. The molecular formula is C14H23N3O. The molecule has 1 amide bonds. The molecule has 1 rings (SSSR count). The van der Waals surface area contributed by atoms with Crippen LogP contribution in [0, 0.1) is 5.92 Å². The van der Waals surface area contributed by atoms with Gasteiger partial charge >= 0.3 is 0 Å². The van der Waals surface area contributed by atoms with Gasteiger partial charge in [-0.05, 0) is 37.8 Å². The molecule has 18 heavy (non-hydrogen) atoms. The SMILES string of the molecule is CCNc1ccc(C(=O)NCCCC(C)C)nc1. The molecule has 1 aromatic heterocycles. The highest BCUT2D eigenvalue weighted by atomic mass is 16.1. The van der Waals surface area contributed by atoms with Crippen LogP contribution in [0.25, 0.3) is 0 Å². The number of carbonyl (C=O) groups is 1. The average Bonchev–Trinajstić information content (AvgIpc) is 2.35. The van der Waals surface area contributed by atoms with Crippen LogP contribution in [0.3, 0.4) is 0 Å². The first-order valence-electron chi connectivity index (χ1n) is 6.61. The minimum atomic E-state index is -0.0956. The van der Waals surface area contributed by atoms with Gasteiger partial charge in [-0.1, -0.05) is 13.8 Å². The van der Waals surface area contributed by atoms with Crippen molar-refractivity contribution < 1.29 is 4.79 Å². The Morgan fingerprint density at radius 1 is 1.39 bits per heavy atom. The minimum Gasteiger partial charge on any atom is -0.384 e. The van der Waals surface area contributed by atoms with Gasteiger partial charge in [0.1, 0.15) is 5.69 Å². The number of hydrogen-bond acceptors (Lipinski definition) is 3. The van der Waals surface area contributed by atoms with Gasteiger partial charge in [-0.25, -0.2) is 4.98 Å². The van der Waals surface area contributed by atoms with Gasteiger partial charge in [-0.15, -0.1) is 0 Å². The number of pyridine rings is 1. The van der Waals surface area contributed by atoms with E-state index in [0.717, 1.165) is 25.1 Å². The quantitative estimate of drug-likeness (QED) is 0.730. The molecule has 0 aliphatic rings. The summed E-state index contributed by atoms with van der Waals surface area (Å²) in [5.74, 6) is 0.584. The maximum absolute atomic E-state index is 11.8. The van der Waals surface area contributed by atoms with Crippen LogP contribution in [0.5, 0.6) is 0 Å². The number of carbonyl (C=O) groups excluding carboxylic acids is 1. The maximum Gasteiger partial charge on any atom is 0.269 e. The van der Waals surface area contributed by atoms with Gasteiger partial charge in [-0.3, -0.25) is 4.79 Å². The van der Waals surface area contributed by atoms with Crippen LogP contribution in [-0.2, 0) is 0 Å². The first-order valence-corrected chi connectivity index (χ1v) is 6.61. The van der Waals surface area contributed by atoms with E-state index in [1.54, 1.807) is 12.3 Å². The van der Waals surface area contributed by atoms with Crippen LogP contribution < -0.4 is 10.6 Å². The summed E-state index contributed by atoms with van der Waals surface area (Å²) in [6.07, 6.45) is 3.83. The Bertz CT molecular complexity index is 360. The zero-order chi connectivity index (χ0) is 13.4. The third-order valence-corrected chi connectivity index (χ3v) is 2.62. The zero-order valence-electron chi connectivity index (χ0n) is 11.5. The topological polar surface area (TPSA) is 54.0 Å². The smallest absolute Gasteiger partial charge is 0.269 e. The van der Waals surface area contributed by atoms with Crippen LogP contribution in [0.2, 0.25) is 0 Å². The molecule has 4 nitrogen and oxygen atoms in total. The van der Waals surface area contributed by atoms with E-state index in [9.17, 15) is 4.79 Å². The highest BCUT2D eigenvalue weighted by Gasteiger charge is 2.06. The molecule has 0 radical (unpaired) electrons. The van der Waals surface area contributed by atoms with Crippen molar-refractivity contribution in [3.05, 3.63) is 24.0 Å². The molecule has 0 atom stereocenters. The summed E-state index contributed by atoms with van der Waals surface area (Å²) < 4.78 is 0. The van der Waals surface area contributed by atoms with Gasteiger partial charge in [0.15, 0.2) is 0 Å². The number of nitrogens with one attached hydrogen (secondary N) is 2. The van der Waals surface area contributed by atoms with Crippen molar-refractivity contribution in [2.75, 3.05) is 18.4 Å². The lowest BCUT2D eigenvalue weighted by atomic mass is 10.1. The molecule has 0 aliphatic carbocycles. The van der Waals surface area contributed by atoms with Gasteiger partial charge in [-0.2, -0.15) is 0 Å². The number of aromatic nitrogens is 1. The van der Waals surface area contributed by atoms with Gasteiger partial charge in [0, 0.05) is 13.1 Å². The van der Waals surface area contributed by atoms with Crippen LogP contribution in [0.4, 0.5) is 5.69 Å². The zero-order valence-corrected chi connectivity index (χ0v) is 11.5. The molecule has 0 fully saturated rings. The second-order valence-corrected chi connectivity index (χ2v) is 4.75. The molecule has 1 heterocycles. The average molecular weight is 249 g/mol. The van der Waals surface area contributed by atoms with E-state index in [1.165, 1.54) is 0 Å². The van der Waals surface area contributed by atoms with Crippen molar-refractivity contribution in [2.24, 2.45) is 5.92 Å². The first-order chi connectivity index (χ1) is 8.63. The lowest BCUT2D eigenvalue weighted by molar-refractivity contribution is 0.0947. The molecule has 0 unspecified atom stereocenters. The van der Waals surface area contributed by atoms with Crippen molar-refractivity contribution in [3.8, 4) is 0 Å². The standard InChI is InChI=1S/C14H23N3O/c1-4-15-12-7-8-13(17-10-12)14(18)16-9-5-6-11(2)3/h7-8,10-11,15H,4-6,9H2,1-3H3,(H,16,18). The Balaban J connectivity index is 2.37. The van der Waals surface area contributed by atoms with Crippen LogP contribution in [0.15, 0.2) is 18.3 Å². The highest BCUT2D eigenvalue weighted by molar-refractivity contribution is 5.92. The maximum atomic E-state index is 11.8. The van der Waals surface area contributed by atoms with E-state index in [1.807, 2.05) is 13.0 Å². The summed E-state index contributed by atoms with van der Waals surface area (Å²) in [6.45, 7) is 7.96. The summed E-state index contributed by atoms with van der Waals surface area (Å²) >= 11 is 0. The molecule has 100 valence electrons. The van der Waals surface area contributed by atoms with Gasteiger partial charge in [0.05, 0.1) is 11.9 Å². The van der Waals surface area contributed by atoms with Crippen molar-refractivity contribution in [2.45, 2.75) is 33.6 Å². The normalized spacial score (nSPS) is 10.4. The Labute approximate surface area is 109 Å². The summed E-state index contributed by atoms with van der Waals surface area (Å²) in [5, 5.41) is 6.03. The number of rotatable bonds is 7. The molecule has 0 aromatic carbocycles. The minimum absolute atomic E-state index is 0.0956. The van der Waals surface area contributed by atoms with Gasteiger partial charge < -0.3 is 10.6 Å². The Hall–Kier alpha value is -1.58. The van der Waals surface area contributed by atoms with E-state index in [2.05, 4.69) is 29.5 Å². The Morgan fingerprint density at radius 3 is 2.72 bits per heavy atom. The van der Waals surface area contributed by atoms with Gasteiger partial charge in [0.25, 0.3) is 5.91 Å². The molecule has 0 bridgehead atoms. The molecule has 4 heteroatoms. The fourth-order valence-corrected chi connectivity index (χ4v) is 1.64. The van der Waals surface area contributed by atoms with Crippen molar-refractivity contribution >= 4 is 11.6 Å². The Morgan fingerprint density at radius 2 is 2.17 bits per heavy atom.